The van der Waals surface area contributed by atoms with Crippen LogP contribution in [0, 0.1) is 5.41 Å². The van der Waals surface area contributed by atoms with Gasteiger partial charge in [0.05, 0.1) is 7.11 Å². The van der Waals surface area contributed by atoms with Crippen molar-refractivity contribution in [2.24, 2.45) is 5.41 Å². The molecular weight excluding hydrogens is 214 g/mol. The first-order valence-corrected chi connectivity index (χ1v) is 5.67. The Bertz CT molecular complexity index is 446. The van der Waals surface area contributed by atoms with E-state index < -0.39 is 0 Å². The molecule has 17 heavy (non-hydrogen) atoms. The maximum Gasteiger partial charge on any atom is 0.231 e. The third kappa shape index (κ3) is 2.49. The summed E-state index contributed by atoms with van der Waals surface area (Å²) in [5, 5.41) is 0. The molecular formula is C14H17NO2. The van der Waals surface area contributed by atoms with Crippen molar-refractivity contribution in [3.63, 3.8) is 0 Å². The highest BCUT2D eigenvalue weighted by Crippen LogP contribution is 2.31. The lowest BCUT2D eigenvalue weighted by Crippen LogP contribution is -2.33. The first-order chi connectivity index (χ1) is 8.02. The number of ether oxygens (including phenoxy) is 1. The minimum absolute atomic E-state index is 0.0416. The smallest absolute Gasteiger partial charge is 0.231 e. The summed E-state index contributed by atoms with van der Waals surface area (Å²) in [6.45, 7) is 4.12. The molecule has 2 rings (SSSR count). The van der Waals surface area contributed by atoms with Crippen molar-refractivity contribution in [3.05, 3.63) is 36.5 Å². The predicted octanol–water partition coefficient (Wildman–Crippen LogP) is 2.97. The molecule has 0 saturated heterocycles. The van der Waals surface area contributed by atoms with Gasteiger partial charge in [0.25, 0.3) is 0 Å². The van der Waals surface area contributed by atoms with Crippen molar-refractivity contribution < 1.29 is 9.53 Å². The van der Waals surface area contributed by atoms with Gasteiger partial charge in [-0.25, -0.2) is 0 Å². The van der Waals surface area contributed by atoms with Crippen LogP contribution < -0.4 is 9.64 Å². The fraction of sp³-hybridized carbons (Fsp3) is 0.357. The van der Waals surface area contributed by atoms with E-state index in [9.17, 15) is 4.79 Å². The van der Waals surface area contributed by atoms with Crippen LogP contribution in [-0.2, 0) is 4.79 Å². The fourth-order valence-electron chi connectivity index (χ4n) is 1.87. The van der Waals surface area contributed by atoms with Gasteiger partial charge in [0, 0.05) is 18.3 Å². The van der Waals surface area contributed by atoms with Gasteiger partial charge in [-0.2, -0.15) is 0 Å². The molecule has 3 nitrogen and oxygen atoms in total. The van der Waals surface area contributed by atoms with Gasteiger partial charge < -0.3 is 4.74 Å². The molecule has 0 unspecified atom stereocenters. The number of amides is 1. The van der Waals surface area contributed by atoms with Gasteiger partial charge >= 0.3 is 0 Å². The van der Waals surface area contributed by atoms with E-state index in [4.69, 9.17) is 4.74 Å². The highest BCUT2D eigenvalue weighted by Gasteiger charge is 2.27. The lowest BCUT2D eigenvalue weighted by Gasteiger charge is -2.30. The monoisotopic (exact) mass is 231 g/mol. The van der Waals surface area contributed by atoms with Crippen LogP contribution in [-0.4, -0.2) is 13.0 Å². The molecule has 0 fully saturated rings. The van der Waals surface area contributed by atoms with Crippen LogP contribution >= 0.6 is 0 Å². The maximum atomic E-state index is 12.0. The molecule has 1 amide bonds. The molecule has 0 aromatic heterocycles. The summed E-state index contributed by atoms with van der Waals surface area (Å²) in [5.41, 5.74) is 0.836. The molecule has 0 saturated carbocycles. The van der Waals surface area contributed by atoms with Crippen molar-refractivity contribution >= 4 is 11.6 Å². The molecule has 1 heterocycles. The van der Waals surface area contributed by atoms with Gasteiger partial charge in [0.1, 0.15) is 5.75 Å². The predicted molar refractivity (Wildman–Crippen MR) is 68.0 cm³/mol. The molecule has 0 aliphatic carbocycles. The van der Waals surface area contributed by atoms with Gasteiger partial charge in [-0.15, -0.1) is 0 Å². The highest BCUT2D eigenvalue weighted by molar-refractivity contribution is 5.96. The van der Waals surface area contributed by atoms with Gasteiger partial charge in [-0.05, 0) is 29.7 Å². The van der Waals surface area contributed by atoms with Gasteiger partial charge in [-0.3, -0.25) is 9.69 Å². The molecule has 0 atom stereocenters. The average Bonchev–Trinajstić information content (AvgIpc) is 2.28. The van der Waals surface area contributed by atoms with Gasteiger partial charge in [0.2, 0.25) is 5.91 Å². The highest BCUT2D eigenvalue weighted by atomic mass is 16.5. The van der Waals surface area contributed by atoms with Crippen LogP contribution in [0.15, 0.2) is 36.5 Å². The number of hydrogen-bond acceptors (Lipinski definition) is 2. The first-order valence-electron chi connectivity index (χ1n) is 5.67. The van der Waals surface area contributed by atoms with Crippen LogP contribution in [0.3, 0.4) is 0 Å². The number of rotatable bonds is 2. The van der Waals surface area contributed by atoms with E-state index in [0.717, 1.165) is 11.4 Å². The van der Waals surface area contributed by atoms with Crippen molar-refractivity contribution in [3.8, 4) is 5.75 Å². The second kappa shape index (κ2) is 4.24. The number of allylic oxidation sites excluding steroid dienone is 1. The summed E-state index contributed by atoms with van der Waals surface area (Å²) in [7, 11) is 1.63. The van der Waals surface area contributed by atoms with Crippen LogP contribution in [0.1, 0.15) is 20.3 Å². The van der Waals surface area contributed by atoms with E-state index in [1.807, 2.05) is 30.5 Å². The third-order valence-corrected chi connectivity index (χ3v) is 2.90. The van der Waals surface area contributed by atoms with E-state index in [0.29, 0.717) is 6.42 Å². The Labute approximate surface area is 102 Å². The van der Waals surface area contributed by atoms with Crippen LogP contribution in [0.2, 0.25) is 0 Å². The Morgan fingerprint density at radius 2 is 1.88 bits per heavy atom. The molecule has 1 aliphatic rings. The minimum atomic E-state index is -0.0416. The summed E-state index contributed by atoms with van der Waals surface area (Å²) in [6.07, 6.45) is 4.46. The summed E-state index contributed by atoms with van der Waals surface area (Å²) >= 11 is 0. The Hall–Kier alpha value is -1.77. The molecule has 0 spiro atoms. The Morgan fingerprint density at radius 3 is 2.41 bits per heavy atom. The van der Waals surface area contributed by atoms with E-state index in [1.54, 1.807) is 12.0 Å². The summed E-state index contributed by atoms with van der Waals surface area (Å²) in [4.78, 5) is 13.7. The topological polar surface area (TPSA) is 29.5 Å². The first kappa shape index (κ1) is 11.7. The second-order valence-corrected chi connectivity index (χ2v) is 4.94. The van der Waals surface area contributed by atoms with Crippen LogP contribution in [0.5, 0.6) is 5.75 Å². The molecule has 0 radical (unpaired) electrons. The molecule has 0 bridgehead atoms. The van der Waals surface area contributed by atoms with E-state index >= 15 is 0 Å². The zero-order chi connectivity index (χ0) is 12.5. The Morgan fingerprint density at radius 1 is 1.24 bits per heavy atom. The molecule has 1 aromatic rings. The summed E-state index contributed by atoms with van der Waals surface area (Å²) in [5.74, 6) is 0.921. The number of hydrogen-bond donors (Lipinski definition) is 0. The van der Waals surface area contributed by atoms with Gasteiger partial charge in [0.15, 0.2) is 0 Å². The molecule has 1 aliphatic heterocycles. The number of benzene rings is 1. The molecule has 3 heteroatoms. The number of methoxy groups -OCH3 is 1. The van der Waals surface area contributed by atoms with Crippen molar-refractivity contribution in [2.45, 2.75) is 20.3 Å². The quantitative estimate of drug-likeness (QED) is 0.783. The normalized spacial score (nSPS) is 18.3. The maximum absolute atomic E-state index is 12.0. The molecule has 0 N–H and O–H groups in total. The van der Waals surface area contributed by atoms with E-state index in [2.05, 4.69) is 19.9 Å². The largest absolute Gasteiger partial charge is 0.497 e. The third-order valence-electron chi connectivity index (χ3n) is 2.90. The fourth-order valence-corrected chi connectivity index (χ4v) is 1.87. The lowest BCUT2D eigenvalue weighted by atomic mass is 9.86. The average molecular weight is 231 g/mol. The number of carbonyl (C=O) groups is 1. The second-order valence-electron chi connectivity index (χ2n) is 4.94. The van der Waals surface area contributed by atoms with E-state index in [-0.39, 0.29) is 11.3 Å². The SMILES string of the molecule is COc1ccc(N2C=CC(C)(C)CC2=O)cc1. The number of carbonyl (C=O) groups excluding carboxylic acids is 1. The molecule has 1 aromatic carbocycles. The minimum Gasteiger partial charge on any atom is -0.497 e. The van der Waals surface area contributed by atoms with Crippen molar-refractivity contribution in [1.82, 2.24) is 0 Å². The lowest BCUT2D eigenvalue weighted by molar-refractivity contribution is -0.119. The number of anilines is 1. The number of nitrogens with zero attached hydrogens (tertiary/aromatic N) is 1. The van der Waals surface area contributed by atoms with E-state index in [1.165, 1.54) is 0 Å². The summed E-state index contributed by atoms with van der Waals surface area (Å²) in [6, 6.07) is 7.49. The van der Waals surface area contributed by atoms with Crippen LogP contribution in [0.25, 0.3) is 0 Å². The zero-order valence-corrected chi connectivity index (χ0v) is 10.4. The summed E-state index contributed by atoms with van der Waals surface area (Å²) < 4.78 is 5.09. The molecule has 90 valence electrons. The standard InChI is InChI=1S/C14H17NO2/c1-14(2)8-9-15(13(16)10-14)11-4-6-12(17-3)7-5-11/h4-9H,10H2,1-3H3. The van der Waals surface area contributed by atoms with Gasteiger partial charge in [-0.1, -0.05) is 19.9 Å². The Kier molecular flexibility index (Phi) is 2.92. The zero-order valence-electron chi connectivity index (χ0n) is 10.4. The van der Waals surface area contributed by atoms with Crippen molar-refractivity contribution in [1.29, 1.82) is 0 Å². The van der Waals surface area contributed by atoms with Crippen molar-refractivity contribution in [2.75, 3.05) is 12.0 Å². The Balaban J connectivity index is 2.25. The van der Waals surface area contributed by atoms with Crippen LogP contribution in [0.4, 0.5) is 5.69 Å².